The summed E-state index contributed by atoms with van der Waals surface area (Å²) in [5.74, 6) is 1.41. The van der Waals surface area contributed by atoms with Crippen LogP contribution in [0.1, 0.15) is 90.4 Å². The molecule has 1 fully saturated rings. The van der Waals surface area contributed by atoms with E-state index in [1.807, 2.05) is 0 Å². The van der Waals surface area contributed by atoms with Gasteiger partial charge in [0, 0.05) is 12.8 Å². The van der Waals surface area contributed by atoms with Crippen molar-refractivity contribution in [2.75, 3.05) is 0 Å². The van der Waals surface area contributed by atoms with Gasteiger partial charge in [-0.3, -0.25) is 4.79 Å². The van der Waals surface area contributed by atoms with Crippen LogP contribution in [0.5, 0.6) is 0 Å². The monoisotopic (exact) mass is 238 g/mol. The Morgan fingerprint density at radius 2 is 1.12 bits per heavy atom. The molecule has 1 aliphatic rings. The Hall–Kier alpha value is -0.330. The summed E-state index contributed by atoms with van der Waals surface area (Å²) >= 11 is 0. The quantitative estimate of drug-likeness (QED) is 0.561. The Balaban J connectivity index is 2.21. The SMILES string of the molecule is CC1CCCCCCCCC(=O)CCCCC1. The molecule has 1 saturated carbocycles. The molecule has 0 N–H and O–H groups in total. The van der Waals surface area contributed by atoms with Crippen molar-refractivity contribution in [1.82, 2.24) is 0 Å². The fourth-order valence-electron chi connectivity index (χ4n) is 2.78. The van der Waals surface area contributed by atoms with Crippen LogP contribution in [0.4, 0.5) is 0 Å². The maximum atomic E-state index is 11.6. The summed E-state index contributed by atoms with van der Waals surface area (Å²) in [6.45, 7) is 2.39. The largest absolute Gasteiger partial charge is 0.300 e. The molecule has 0 amide bonds. The molecule has 0 saturated heterocycles. The number of Topliss-reactive ketones (excluding diaryl/α,β-unsaturated/α-hetero) is 1. The lowest BCUT2D eigenvalue weighted by molar-refractivity contribution is -0.119. The minimum Gasteiger partial charge on any atom is -0.300 e. The molecule has 1 heteroatoms. The molecular weight excluding hydrogens is 208 g/mol. The van der Waals surface area contributed by atoms with Crippen LogP contribution in [0.25, 0.3) is 0 Å². The van der Waals surface area contributed by atoms with Gasteiger partial charge in [0.2, 0.25) is 0 Å². The van der Waals surface area contributed by atoms with Crippen molar-refractivity contribution in [1.29, 1.82) is 0 Å². The fraction of sp³-hybridized carbons (Fsp3) is 0.938. The molecule has 1 nitrogen and oxygen atoms in total. The highest BCUT2D eigenvalue weighted by atomic mass is 16.1. The van der Waals surface area contributed by atoms with Crippen LogP contribution in [0.3, 0.4) is 0 Å². The maximum absolute atomic E-state index is 11.6. The van der Waals surface area contributed by atoms with Gasteiger partial charge in [0.15, 0.2) is 0 Å². The van der Waals surface area contributed by atoms with E-state index in [0.717, 1.165) is 31.6 Å². The smallest absolute Gasteiger partial charge is 0.132 e. The summed E-state index contributed by atoms with van der Waals surface area (Å²) in [5, 5.41) is 0. The van der Waals surface area contributed by atoms with Crippen LogP contribution < -0.4 is 0 Å². The van der Waals surface area contributed by atoms with Crippen LogP contribution >= 0.6 is 0 Å². The Morgan fingerprint density at radius 3 is 1.71 bits per heavy atom. The zero-order valence-corrected chi connectivity index (χ0v) is 11.7. The maximum Gasteiger partial charge on any atom is 0.132 e. The lowest BCUT2D eigenvalue weighted by Crippen LogP contribution is -1.98. The Morgan fingerprint density at radius 1 is 0.706 bits per heavy atom. The first-order valence-electron chi connectivity index (χ1n) is 7.81. The minimum atomic E-state index is 0.507. The van der Waals surface area contributed by atoms with E-state index in [4.69, 9.17) is 0 Å². The third-order valence-electron chi connectivity index (χ3n) is 4.06. The van der Waals surface area contributed by atoms with Crippen molar-refractivity contribution in [3.63, 3.8) is 0 Å². The molecule has 0 spiro atoms. The molecule has 1 rings (SSSR count). The summed E-state index contributed by atoms with van der Waals surface area (Å²) in [7, 11) is 0. The third kappa shape index (κ3) is 8.40. The van der Waals surface area contributed by atoms with Crippen molar-refractivity contribution in [2.45, 2.75) is 90.4 Å². The van der Waals surface area contributed by atoms with E-state index < -0.39 is 0 Å². The summed E-state index contributed by atoms with van der Waals surface area (Å²) in [6, 6.07) is 0. The Labute approximate surface area is 107 Å². The highest BCUT2D eigenvalue weighted by Gasteiger charge is 2.05. The number of rotatable bonds is 0. The molecular formula is C16H30O. The molecule has 17 heavy (non-hydrogen) atoms. The van der Waals surface area contributed by atoms with Crippen molar-refractivity contribution in [3.8, 4) is 0 Å². The van der Waals surface area contributed by atoms with Crippen molar-refractivity contribution >= 4 is 5.78 Å². The molecule has 0 aromatic carbocycles. The predicted octanol–water partition coefficient (Wildman–Crippen LogP) is 5.28. The van der Waals surface area contributed by atoms with Crippen molar-refractivity contribution in [3.05, 3.63) is 0 Å². The summed E-state index contributed by atoms with van der Waals surface area (Å²) in [4.78, 5) is 11.6. The lowest BCUT2D eigenvalue weighted by Gasteiger charge is -2.10. The van der Waals surface area contributed by atoms with Crippen LogP contribution in [-0.4, -0.2) is 5.78 Å². The van der Waals surface area contributed by atoms with Crippen molar-refractivity contribution < 1.29 is 4.79 Å². The van der Waals surface area contributed by atoms with Gasteiger partial charge in [-0.25, -0.2) is 0 Å². The molecule has 0 bridgehead atoms. The van der Waals surface area contributed by atoms with Gasteiger partial charge in [-0.1, -0.05) is 64.7 Å². The predicted molar refractivity (Wildman–Crippen MR) is 74.2 cm³/mol. The van der Waals surface area contributed by atoms with Crippen molar-refractivity contribution in [2.24, 2.45) is 5.92 Å². The van der Waals surface area contributed by atoms with Gasteiger partial charge in [-0.05, 0) is 18.8 Å². The summed E-state index contributed by atoms with van der Waals surface area (Å²) in [5.41, 5.74) is 0. The first-order chi connectivity index (χ1) is 8.29. The average Bonchev–Trinajstić information content (AvgIpc) is 2.31. The molecule has 0 aliphatic heterocycles. The average molecular weight is 238 g/mol. The van der Waals surface area contributed by atoms with Gasteiger partial charge < -0.3 is 0 Å². The van der Waals surface area contributed by atoms with E-state index >= 15 is 0 Å². The zero-order chi connectivity index (χ0) is 12.3. The normalized spacial score (nSPS) is 27.1. The van der Waals surface area contributed by atoms with Gasteiger partial charge in [0.1, 0.15) is 5.78 Å². The highest BCUT2D eigenvalue weighted by molar-refractivity contribution is 5.78. The van der Waals surface area contributed by atoms with Crippen LogP contribution in [0.15, 0.2) is 0 Å². The van der Waals surface area contributed by atoms with E-state index in [0.29, 0.717) is 5.78 Å². The second kappa shape index (κ2) is 9.67. The number of ketones is 1. The second-order valence-electron chi connectivity index (χ2n) is 5.90. The number of hydrogen-bond donors (Lipinski definition) is 0. The van der Waals surface area contributed by atoms with E-state index in [2.05, 4.69) is 6.92 Å². The zero-order valence-electron chi connectivity index (χ0n) is 11.7. The van der Waals surface area contributed by atoms with E-state index in [1.54, 1.807) is 0 Å². The van der Waals surface area contributed by atoms with Gasteiger partial charge >= 0.3 is 0 Å². The molecule has 0 aromatic heterocycles. The number of carbonyl (C=O) groups excluding carboxylic acids is 1. The first kappa shape index (κ1) is 14.7. The Bertz CT molecular complexity index is 198. The molecule has 0 radical (unpaired) electrons. The van der Waals surface area contributed by atoms with Gasteiger partial charge in [-0.15, -0.1) is 0 Å². The lowest BCUT2D eigenvalue weighted by atomic mass is 9.96. The van der Waals surface area contributed by atoms with Gasteiger partial charge in [0.25, 0.3) is 0 Å². The van der Waals surface area contributed by atoms with Gasteiger partial charge in [0.05, 0.1) is 0 Å². The van der Waals surface area contributed by atoms with Crippen LogP contribution in [0.2, 0.25) is 0 Å². The Kier molecular flexibility index (Phi) is 8.38. The van der Waals surface area contributed by atoms with Crippen LogP contribution in [-0.2, 0) is 4.79 Å². The third-order valence-corrected chi connectivity index (χ3v) is 4.06. The molecule has 0 aromatic rings. The van der Waals surface area contributed by atoms with Crippen LogP contribution in [0, 0.1) is 5.92 Å². The number of carbonyl (C=O) groups is 1. The molecule has 1 aliphatic carbocycles. The highest BCUT2D eigenvalue weighted by Crippen LogP contribution is 2.19. The summed E-state index contributed by atoms with van der Waals surface area (Å²) < 4.78 is 0. The standard InChI is InChI=1S/C16H30O/c1-15-11-7-4-2-3-5-9-13-16(17)14-10-6-8-12-15/h15H,2-14H2,1H3. The fourth-order valence-corrected chi connectivity index (χ4v) is 2.78. The first-order valence-corrected chi connectivity index (χ1v) is 7.81. The number of hydrogen-bond acceptors (Lipinski definition) is 1. The topological polar surface area (TPSA) is 17.1 Å². The molecule has 1 atom stereocenters. The summed E-state index contributed by atoms with van der Waals surface area (Å²) in [6.07, 6.45) is 16.1. The molecule has 1 unspecified atom stereocenters. The second-order valence-corrected chi connectivity index (χ2v) is 5.90. The van der Waals surface area contributed by atoms with E-state index in [9.17, 15) is 4.79 Å². The van der Waals surface area contributed by atoms with E-state index in [-0.39, 0.29) is 0 Å². The minimum absolute atomic E-state index is 0.507. The molecule has 0 heterocycles. The van der Waals surface area contributed by atoms with Gasteiger partial charge in [-0.2, -0.15) is 0 Å². The molecule has 100 valence electrons. The van der Waals surface area contributed by atoms with E-state index in [1.165, 1.54) is 57.8 Å².